The SMILES string of the molecule is NC(=O)C[C@H](NC(=O)c1ccc(Cl)cc1Br)C(=O)O. The van der Waals surface area contributed by atoms with Crippen LogP contribution >= 0.6 is 27.5 Å². The van der Waals surface area contributed by atoms with Crippen LogP contribution in [0.2, 0.25) is 5.02 Å². The van der Waals surface area contributed by atoms with Crippen molar-refractivity contribution in [2.75, 3.05) is 0 Å². The molecule has 0 spiro atoms. The lowest BCUT2D eigenvalue weighted by atomic mass is 10.1. The minimum Gasteiger partial charge on any atom is -0.480 e. The summed E-state index contributed by atoms with van der Waals surface area (Å²) in [4.78, 5) is 33.5. The van der Waals surface area contributed by atoms with Gasteiger partial charge in [0, 0.05) is 9.50 Å². The molecule has 8 heteroatoms. The standard InChI is InChI=1S/C11H10BrClN2O4/c12-7-3-5(13)1-2-6(7)10(17)15-8(11(18)19)4-9(14)16/h1-3,8H,4H2,(H2,14,16)(H,15,17)(H,18,19)/t8-/m0/s1. The van der Waals surface area contributed by atoms with Gasteiger partial charge in [-0.1, -0.05) is 11.6 Å². The number of halogens is 2. The zero-order valence-corrected chi connectivity index (χ0v) is 11.9. The Morgan fingerprint density at radius 1 is 1.42 bits per heavy atom. The highest BCUT2D eigenvalue weighted by Crippen LogP contribution is 2.21. The molecular weight excluding hydrogens is 339 g/mol. The minimum atomic E-state index is -1.37. The maximum absolute atomic E-state index is 11.9. The van der Waals surface area contributed by atoms with E-state index in [0.29, 0.717) is 9.50 Å². The summed E-state index contributed by atoms with van der Waals surface area (Å²) in [7, 11) is 0. The summed E-state index contributed by atoms with van der Waals surface area (Å²) in [5.41, 5.74) is 5.12. The Labute approximate surface area is 122 Å². The number of hydrogen-bond acceptors (Lipinski definition) is 3. The van der Waals surface area contributed by atoms with Crippen molar-refractivity contribution in [1.82, 2.24) is 5.32 Å². The van der Waals surface area contributed by atoms with Gasteiger partial charge in [0.2, 0.25) is 5.91 Å². The van der Waals surface area contributed by atoms with E-state index in [9.17, 15) is 14.4 Å². The molecule has 4 N–H and O–H groups in total. The number of benzene rings is 1. The summed E-state index contributed by atoms with van der Waals surface area (Å²) in [6, 6.07) is 3.06. The summed E-state index contributed by atoms with van der Waals surface area (Å²) in [5, 5.41) is 11.5. The van der Waals surface area contributed by atoms with Crippen LogP contribution in [0.25, 0.3) is 0 Å². The molecule has 1 aromatic rings. The molecule has 0 radical (unpaired) electrons. The molecule has 0 aliphatic heterocycles. The second-order valence-corrected chi connectivity index (χ2v) is 4.95. The predicted octanol–water partition coefficient (Wildman–Crippen LogP) is 1.16. The van der Waals surface area contributed by atoms with Crippen molar-refractivity contribution in [1.29, 1.82) is 0 Å². The van der Waals surface area contributed by atoms with Gasteiger partial charge in [0.25, 0.3) is 5.91 Å². The molecule has 2 amide bonds. The van der Waals surface area contributed by atoms with Crippen molar-refractivity contribution in [3.05, 3.63) is 33.3 Å². The lowest BCUT2D eigenvalue weighted by molar-refractivity contribution is -0.140. The fourth-order valence-corrected chi connectivity index (χ4v) is 2.17. The van der Waals surface area contributed by atoms with Crippen LogP contribution in [-0.4, -0.2) is 28.9 Å². The van der Waals surface area contributed by atoms with Crippen LogP contribution in [0.1, 0.15) is 16.8 Å². The molecule has 19 heavy (non-hydrogen) atoms. The first-order valence-electron chi connectivity index (χ1n) is 5.08. The van der Waals surface area contributed by atoms with Gasteiger partial charge < -0.3 is 16.2 Å². The fraction of sp³-hybridized carbons (Fsp3) is 0.182. The van der Waals surface area contributed by atoms with E-state index in [1.807, 2.05) is 0 Å². The zero-order chi connectivity index (χ0) is 14.6. The van der Waals surface area contributed by atoms with Crippen molar-refractivity contribution in [2.45, 2.75) is 12.5 Å². The van der Waals surface area contributed by atoms with E-state index in [-0.39, 0.29) is 5.56 Å². The number of carbonyl (C=O) groups is 3. The Morgan fingerprint density at radius 3 is 2.53 bits per heavy atom. The molecule has 0 aliphatic rings. The van der Waals surface area contributed by atoms with Crippen LogP contribution in [0.5, 0.6) is 0 Å². The van der Waals surface area contributed by atoms with Gasteiger partial charge in [-0.2, -0.15) is 0 Å². The van der Waals surface area contributed by atoms with E-state index >= 15 is 0 Å². The molecule has 1 aromatic carbocycles. The van der Waals surface area contributed by atoms with Crippen molar-refractivity contribution in [3.63, 3.8) is 0 Å². The lowest BCUT2D eigenvalue weighted by Gasteiger charge is -2.13. The van der Waals surface area contributed by atoms with Gasteiger partial charge in [-0.05, 0) is 34.1 Å². The van der Waals surface area contributed by atoms with Gasteiger partial charge in [-0.15, -0.1) is 0 Å². The monoisotopic (exact) mass is 348 g/mol. The summed E-state index contributed by atoms with van der Waals surface area (Å²) in [5.74, 6) is -2.79. The molecular formula is C11H10BrClN2O4. The van der Waals surface area contributed by atoms with Crippen molar-refractivity contribution >= 4 is 45.3 Å². The first kappa shape index (κ1) is 15.5. The Bertz CT molecular complexity index is 535. The largest absolute Gasteiger partial charge is 0.480 e. The number of aliphatic carboxylic acids is 1. The Morgan fingerprint density at radius 2 is 2.05 bits per heavy atom. The number of carboxylic acids is 1. The number of amides is 2. The number of carboxylic acid groups (broad SMARTS) is 1. The zero-order valence-electron chi connectivity index (χ0n) is 9.52. The van der Waals surface area contributed by atoms with Crippen LogP contribution in [0.15, 0.2) is 22.7 Å². The Kier molecular flexibility index (Phi) is 5.31. The molecule has 0 saturated heterocycles. The van der Waals surface area contributed by atoms with Crippen molar-refractivity contribution in [2.24, 2.45) is 5.73 Å². The first-order chi connectivity index (χ1) is 8.81. The second-order valence-electron chi connectivity index (χ2n) is 3.66. The van der Waals surface area contributed by atoms with E-state index in [1.165, 1.54) is 18.2 Å². The number of rotatable bonds is 5. The topological polar surface area (TPSA) is 109 Å². The smallest absolute Gasteiger partial charge is 0.326 e. The quantitative estimate of drug-likeness (QED) is 0.741. The number of primary amides is 1. The molecule has 0 fully saturated rings. The molecule has 1 rings (SSSR count). The lowest BCUT2D eigenvalue weighted by Crippen LogP contribution is -2.43. The van der Waals surface area contributed by atoms with Gasteiger partial charge in [0.1, 0.15) is 6.04 Å². The average Bonchev–Trinajstić information content (AvgIpc) is 2.26. The third-order valence-corrected chi connectivity index (χ3v) is 3.08. The predicted molar refractivity (Wildman–Crippen MR) is 71.9 cm³/mol. The van der Waals surface area contributed by atoms with Gasteiger partial charge in [-0.3, -0.25) is 9.59 Å². The molecule has 102 valence electrons. The highest BCUT2D eigenvalue weighted by Gasteiger charge is 2.23. The van der Waals surface area contributed by atoms with Gasteiger partial charge in [0.05, 0.1) is 12.0 Å². The summed E-state index contributed by atoms with van der Waals surface area (Å²) < 4.78 is 0.417. The van der Waals surface area contributed by atoms with Crippen LogP contribution in [0.3, 0.4) is 0 Å². The van der Waals surface area contributed by atoms with E-state index < -0.39 is 30.2 Å². The van der Waals surface area contributed by atoms with Gasteiger partial charge >= 0.3 is 5.97 Å². The molecule has 0 bridgehead atoms. The summed E-state index contributed by atoms with van der Waals surface area (Å²) >= 11 is 8.87. The third kappa shape index (κ3) is 4.53. The van der Waals surface area contributed by atoms with Crippen molar-refractivity contribution in [3.8, 4) is 0 Å². The number of hydrogen-bond donors (Lipinski definition) is 3. The molecule has 1 atom stereocenters. The van der Waals surface area contributed by atoms with E-state index in [1.54, 1.807) is 0 Å². The fourth-order valence-electron chi connectivity index (χ4n) is 1.31. The van der Waals surface area contributed by atoms with E-state index in [2.05, 4.69) is 21.2 Å². The summed E-state index contributed by atoms with van der Waals surface area (Å²) in [6.07, 6.45) is -0.480. The Hall–Kier alpha value is -1.60. The highest BCUT2D eigenvalue weighted by atomic mass is 79.9. The average molecular weight is 350 g/mol. The van der Waals surface area contributed by atoms with E-state index in [0.717, 1.165) is 0 Å². The molecule has 0 aromatic heterocycles. The molecule has 0 heterocycles. The van der Waals surface area contributed by atoms with Gasteiger partial charge in [0.15, 0.2) is 0 Å². The normalized spacial score (nSPS) is 11.7. The third-order valence-electron chi connectivity index (χ3n) is 2.18. The molecule has 0 aliphatic carbocycles. The van der Waals surface area contributed by atoms with Crippen LogP contribution in [0, 0.1) is 0 Å². The van der Waals surface area contributed by atoms with Gasteiger partial charge in [-0.25, -0.2) is 4.79 Å². The first-order valence-corrected chi connectivity index (χ1v) is 6.25. The molecule has 0 unspecified atom stereocenters. The Balaban J connectivity index is 2.87. The summed E-state index contributed by atoms with van der Waals surface area (Å²) in [6.45, 7) is 0. The number of carbonyl (C=O) groups excluding carboxylic acids is 2. The van der Waals surface area contributed by atoms with Crippen LogP contribution in [0.4, 0.5) is 0 Å². The molecule has 6 nitrogen and oxygen atoms in total. The van der Waals surface area contributed by atoms with Crippen molar-refractivity contribution < 1.29 is 19.5 Å². The van der Waals surface area contributed by atoms with E-state index in [4.69, 9.17) is 22.4 Å². The van der Waals surface area contributed by atoms with Crippen LogP contribution < -0.4 is 11.1 Å². The number of nitrogens with two attached hydrogens (primary N) is 1. The maximum atomic E-state index is 11.9. The number of nitrogens with one attached hydrogen (secondary N) is 1. The minimum absolute atomic E-state index is 0.208. The second kappa shape index (κ2) is 6.53. The van der Waals surface area contributed by atoms with Crippen LogP contribution in [-0.2, 0) is 9.59 Å². The maximum Gasteiger partial charge on any atom is 0.326 e. The molecule has 0 saturated carbocycles. The highest BCUT2D eigenvalue weighted by molar-refractivity contribution is 9.10.